The Bertz CT molecular complexity index is 646. The van der Waals surface area contributed by atoms with E-state index >= 15 is 0 Å². The van der Waals surface area contributed by atoms with Gasteiger partial charge in [-0.2, -0.15) is 5.26 Å². The lowest BCUT2D eigenvalue weighted by molar-refractivity contribution is 0.628. The molecule has 0 saturated carbocycles. The average molecular weight is 239 g/mol. The van der Waals surface area contributed by atoms with Gasteiger partial charge in [0.25, 0.3) is 0 Å². The molecule has 0 bridgehead atoms. The van der Waals surface area contributed by atoms with Gasteiger partial charge in [-0.1, -0.05) is 6.07 Å². The molecule has 3 rings (SSSR count). The van der Waals surface area contributed by atoms with Gasteiger partial charge in [-0.05, 0) is 36.2 Å². The van der Waals surface area contributed by atoms with Crippen LogP contribution in [0.5, 0.6) is 0 Å². The van der Waals surface area contributed by atoms with Crippen LogP contribution in [0.1, 0.15) is 11.3 Å². The SMILES string of the molecule is N#Cc1ncccc1N1CCc2ccc(F)cc21. The summed E-state index contributed by atoms with van der Waals surface area (Å²) in [6.45, 7) is 0.749. The zero-order valence-corrected chi connectivity index (χ0v) is 9.60. The summed E-state index contributed by atoms with van der Waals surface area (Å²) in [6.07, 6.45) is 2.44. The highest BCUT2D eigenvalue weighted by molar-refractivity contribution is 5.72. The average Bonchev–Trinajstić information content (AvgIpc) is 2.81. The van der Waals surface area contributed by atoms with E-state index in [-0.39, 0.29) is 5.82 Å². The number of nitrogens with zero attached hydrogens (tertiary/aromatic N) is 3. The minimum atomic E-state index is -0.261. The van der Waals surface area contributed by atoms with E-state index in [0.29, 0.717) is 5.69 Å². The van der Waals surface area contributed by atoms with E-state index in [1.807, 2.05) is 11.0 Å². The second-order valence-corrected chi connectivity index (χ2v) is 4.16. The molecule has 0 spiro atoms. The second-order valence-electron chi connectivity index (χ2n) is 4.16. The van der Waals surface area contributed by atoms with Crippen LogP contribution in [0.25, 0.3) is 0 Å². The highest BCUT2D eigenvalue weighted by atomic mass is 19.1. The molecule has 18 heavy (non-hydrogen) atoms. The topological polar surface area (TPSA) is 39.9 Å². The first-order valence-corrected chi connectivity index (χ1v) is 5.70. The highest BCUT2D eigenvalue weighted by Crippen LogP contribution is 2.35. The van der Waals surface area contributed by atoms with Gasteiger partial charge in [0.2, 0.25) is 0 Å². The molecule has 0 aliphatic carbocycles. The lowest BCUT2D eigenvalue weighted by Gasteiger charge is -2.19. The predicted molar refractivity (Wildman–Crippen MR) is 66.1 cm³/mol. The highest BCUT2D eigenvalue weighted by Gasteiger charge is 2.23. The number of halogens is 1. The number of hydrogen-bond donors (Lipinski definition) is 0. The van der Waals surface area contributed by atoms with Crippen molar-refractivity contribution in [1.82, 2.24) is 4.98 Å². The van der Waals surface area contributed by atoms with E-state index in [4.69, 9.17) is 5.26 Å². The molecular weight excluding hydrogens is 229 g/mol. The molecule has 0 atom stereocenters. The molecule has 0 saturated heterocycles. The van der Waals surface area contributed by atoms with Gasteiger partial charge in [-0.25, -0.2) is 9.37 Å². The molecule has 4 heteroatoms. The van der Waals surface area contributed by atoms with Crippen LogP contribution in [0.15, 0.2) is 36.5 Å². The monoisotopic (exact) mass is 239 g/mol. The molecule has 0 unspecified atom stereocenters. The van der Waals surface area contributed by atoms with Crippen molar-refractivity contribution in [2.45, 2.75) is 6.42 Å². The van der Waals surface area contributed by atoms with Gasteiger partial charge in [-0.3, -0.25) is 0 Å². The van der Waals surface area contributed by atoms with Crippen LogP contribution >= 0.6 is 0 Å². The summed E-state index contributed by atoms with van der Waals surface area (Å²) in [5.74, 6) is -0.261. The van der Waals surface area contributed by atoms with E-state index in [1.165, 1.54) is 12.1 Å². The fraction of sp³-hybridized carbons (Fsp3) is 0.143. The summed E-state index contributed by atoms with van der Waals surface area (Å²) >= 11 is 0. The number of pyridine rings is 1. The fourth-order valence-corrected chi connectivity index (χ4v) is 2.30. The molecule has 88 valence electrons. The van der Waals surface area contributed by atoms with E-state index in [9.17, 15) is 4.39 Å². The summed E-state index contributed by atoms with van der Waals surface area (Å²) in [5, 5.41) is 9.07. The lowest BCUT2D eigenvalue weighted by atomic mass is 10.1. The molecule has 2 aromatic rings. The normalized spacial score (nSPS) is 13.2. The number of hydrogen-bond acceptors (Lipinski definition) is 3. The number of aromatic nitrogens is 1. The van der Waals surface area contributed by atoms with E-state index in [0.717, 1.165) is 29.9 Å². The Morgan fingerprint density at radius 1 is 1.28 bits per heavy atom. The Morgan fingerprint density at radius 2 is 2.17 bits per heavy atom. The van der Waals surface area contributed by atoms with Crippen molar-refractivity contribution in [1.29, 1.82) is 5.26 Å². The Kier molecular flexibility index (Phi) is 2.45. The minimum absolute atomic E-state index is 0.261. The van der Waals surface area contributed by atoms with Gasteiger partial charge >= 0.3 is 0 Å². The van der Waals surface area contributed by atoms with Crippen LogP contribution in [-0.4, -0.2) is 11.5 Å². The first kappa shape index (κ1) is 10.7. The van der Waals surface area contributed by atoms with Crippen molar-refractivity contribution in [2.24, 2.45) is 0 Å². The van der Waals surface area contributed by atoms with Crippen LogP contribution in [0.4, 0.5) is 15.8 Å². The maximum absolute atomic E-state index is 13.3. The largest absolute Gasteiger partial charge is 0.338 e. The summed E-state index contributed by atoms with van der Waals surface area (Å²) < 4.78 is 13.3. The molecule has 0 N–H and O–H groups in total. The number of fused-ring (bicyclic) bond motifs is 1. The molecule has 0 fully saturated rings. The lowest BCUT2D eigenvalue weighted by Crippen LogP contribution is -2.15. The quantitative estimate of drug-likeness (QED) is 0.768. The maximum atomic E-state index is 13.3. The summed E-state index contributed by atoms with van der Waals surface area (Å²) in [7, 11) is 0. The van der Waals surface area contributed by atoms with Crippen molar-refractivity contribution in [3.05, 3.63) is 53.6 Å². The molecule has 1 aliphatic heterocycles. The Labute approximate surface area is 104 Å². The second kappa shape index (κ2) is 4.11. The maximum Gasteiger partial charge on any atom is 0.164 e. The standard InChI is InChI=1S/C14H10FN3/c15-11-4-3-10-5-7-18(14(10)8-11)13-2-1-6-17-12(13)9-16/h1-4,6,8H,5,7H2. The van der Waals surface area contributed by atoms with Crippen LogP contribution < -0.4 is 4.90 Å². The summed E-state index contributed by atoms with van der Waals surface area (Å²) in [6, 6.07) is 10.5. The molecule has 1 aromatic carbocycles. The van der Waals surface area contributed by atoms with E-state index in [2.05, 4.69) is 11.1 Å². The Balaban J connectivity index is 2.12. The zero-order chi connectivity index (χ0) is 12.5. The van der Waals surface area contributed by atoms with Gasteiger partial charge in [0.15, 0.2) is 5.69 Å². The van der Waals surface area contributed by atoms with E-state index < -0.39 is 0 Å². The van der Waals surface area contributed by atoms with Gasteiger partial charge in [0.1, 0.15) is 11.9 Å². The smallest absolute Gasteiger partial charge is 0.164 e. The summed E-state index contributed by atoms with van der Waals surface area (Å²) in [4.78, 5) is 5.99. The molecule has 1 aromatic heterocycles. The van der Waals surface area contributed by atoms with Crippen molar-refractivity contribution in [3.63, 3.8) is 0 Å². The van der Waals surface area contributed by atoms with Gasteiger partial charge in [0, 0.05) is 18.4 Å². The zero-order valence-electron chi connectivity index (χ0n) is 9.60. The number of rotatable bonds is 1. The van der Waals surface area contributed by atoms with Crippen LogP contribution in [0, 0.1) is 17.1 Å². The molecular formula is C14H10FN3. The van der Waals surface area contributed by atoms with Crippen LogP contribution in [-0.2, 0) is 6.42 Å². The first-order chi connectivity index (χ1) is 8.79. The number of benzene rings is 1. The summed E-state index contributed by atoms with van der Waals surface area (Å²) in [5.41, 5.74) is 3.04. The number of anilines is 2. The van der Waals surface area contributed by atoms with Crippen LogP contribution in [0.3, 0.4) is 0 Å². The fourth-order valence-electron chi connectivity index (χ4n) is 2.30. The van der Waals surface area contributed by atoms with Gasteiger partial charge < -0.3 is 4.90 Å². The third kappa shape index (κ3) is 1.61. The predicted octanol–water partition coefficient (Wildman–Crippen LogP) is 2.79. The van der Waals surface area contributed by atoms with Crippen molar-refractivity contribution in [3.8, 4) is 6.07 Å². The molecule has 2 heterocycles. The van der Waals surface area contributed by atoms with Crippen LogP contribution in [0.2, 0.25) is 0 Å². The van der Waals surface area contributed by atoms with E-state index in [1.54, 1.807) is 18.3 Å². The third-order valence-corrected chi connectivity index (χ3v) is 3.13. The molecule has 3 nitrogen and oxygen atoms in total. The first-order valence-electron chi connectivity index (χ1n) is 5.70. The van der Waals surface area contributed by atoms with Crippen molar-refractivity contribution >= 4 is 11.4 Å². The molecule has 1 aliphatic rings. The molecule has 0 amide bonds. The molecule has 0 radical (unpaired) electrons. The van der Waals surface area contributed by atoms with Gasteiger partial charge in [-0.15, -0.1) is 0 Å². The third-order valence-electron chi connectivity index (χ3n) is 3.13. The van der Waals surface area contributed by atoms with Crippen molar-refractivity contribution in [2.75, 3.05) is 11.4 Å². The number of nitriles is 1. The van der Waals surface area contributed by atoms with Gasteiger partial charge in [0.05, 0.1) is 5.69 Å². The minimum Gasteiger partial charge on any atom is -0.338 e. The Hall–Kier alpha value is -2.41. The van der Waals surface area contributed by atoms with Crippen molar-refractivity contribution < 1.29 is 4.39 Å². The Morgan fingerprint density at radius 3 is 3.00 bits per heavy atom.